The van der Waals surface area contributed by atoms with E-state index >= 15 is 0 Å². The van der Waals surface area contributed by atoms with Gasteiger partial charge in [-0.15, -0.1) is 0 Å². The molecule has 2 aliphatic carbocycles. The third-order valence-electron chi connectivity index (χ3n) is 6.24. The second-order valence-electron chi connectivity index (χ2n) is 10.5. The Balaban J connectivity index is 0.000000260. The van der Waals surface area contributed by atoms with E-state index in [2.05, 4.69) is 13.8 Å². The van der Waals surface area contributed by atoms with Gasteiger partial charge in [-0.05, 0) is 77.0 Å². The summed E-state index contributed by atoms with van der Waals surface area (Å²) in [5.41, 5.74) is -0.593. The summed E-state index contributed by atoms with van der Waals surface area (Å²) in [6.07, 6.45) is 10.1. The van der Waals surface area contributed by atoms with Crippen molar-refractivity contribution in [2.45, 2.75) is 104 Å². The molecule has 26 heavy (non-hydrogen) atoms. The van der Waals surface area contributed by atoms with Gasteiger partial charge in [-0.1, -0.05) is 26.7 Å². The maximum atomic E-state index is 10.5. The minimum atomic E-state index is -0.554. The van der Waals surface area contributed by atoms with Crippen LogP contribution >= 0.6 is 0 Å². The van der Waals surface area contributed by atoms with Gasteiger partial charge in [-0.25, -0.2) is 0 Å². The summed E-state index contributed by atoms with van der Waals surface area (Å²) < 4.78 is 0. The van der Waals surface area contributed by atoms with Crippen LogP contribution in [0.4, 0.5) is 0 Å². The number of rotatable bonds is 10. The molecule has 4 atom stereocenters. The minimum Gasteiger partial charge on any atom is -0.390 e. The van der Waals surface area contributed by atoms with Crippen LogP contribution in [0.2, 0.25) is 0 Å². The highest BCUT2D eigenvalue weighted by Gasteiger charge is 2.49. The smallest absolute Gasteiger partial charge is 0.123 e. The van der Waals surface area contributed by atoms with E-state index in [0.29, 0.717) is 0 Å². The van der Waals surface area contributed by atoms with Crippen LogP contribution in [-0.2, 0) is 9.59 Å². The Bertz CT molecular complexity index is 430. The van der Waals surface area contributed by atoms with Crippen molar-refractivity contribution in [2.24, 2.45) is 22.7 Å². The number of aliphatic hydroxyl groups is 2. The number of carbonyl (C=O) groups is 2. The molecule has 4 nitrogen and oxygen atoms in total. The Labute approximate surface area is 159 Å². The number of hydrogen-bond acceptors (Lipinski definition) is 4. The Morgan fingerprint density at radius 1 is 0.808 bits per heavy atom. The van der Waals surface area contributed by atoms with Crippen molar-refractivity contribution in [3.05, 3.63) is 0 Å². The average Bonchev–Trinajstić information content (AvgIpc) is 3.32. The minimum absolute atomic E-state index is 0.257. The van der Waals surface area contributed by atoms with Gasteiger partial charge in [-0.3, -0.25) is 0 Å². The van der Waals surface area contributed by atoms with Crippen molar-refractivity contribution < 1.29 is 19.8 Å². The molecule has 0 radical (unpaired) electrons. The molecule has 0 aromatic rings. The van der Waals surface area contributed by atoms with E-state index in [0.717, 1.165) is 63.9 Å². The standard InChI is InChI=1S/2C11H20O2/c2*1-10(2,13)5-4-6-11(3)7-9(11)8-12/h2*8-9,13H,4-7H2,1-3H3/t2*9-,11-/m10/s1. The van der Waals surface area contributed by atoms with E-state index in [9.17, 15) is 19.8 Å². The summed E-state index contributed by atoms with van der Waals surface area (Å²) >= 11 is 0. The Kier molecular flexibility index (Phi) is 7.63. The molecule has 0 bridgehead atoms. The van der Waals surface area contributed by atoms with Gasteiger partial charge < -0.3 is 19.8 Å². The molecular weight excluding hydrogens is 328 g/mol. The van der Waals surface area contributed by atoms with Gasteiger partial charge in [0.1, 0.15) is 12.6 Å². The number of aldehydes is 2. The first-order valence-electron chi connectivity index (χ1n) is 10.1. The molecule has 0 aromatic heterocycles. The normalized spacial score (nSPS) is 33.1. The molecule has 0 aromatic carbocycles. The fourth-order valence-electron chi connectivity index (χ4n) is 3.74. The van der Waals surface area contributed by atoms with Crippen LogP contribution in [-0.4, -0.2) is 34.0 Å². The molecular formula is C22H40O4. The van der Waals surface area contributed by atoms with Gasteiger partial charge in [0.25, 0.3) is 0 Å². The van der Waals surface area contributed by atoms with Crippen molar-refractivity contribution >= 4 is 12.6 Å². The summed E-state index contributed by atoms with van der Waals surface area (Å²) in [5.74, 6) is 0.573. The average molecular weight is 369 g/mol. The molecule has 4 heteroatoms. The Hall–Kier alpha value is -0.740. The van der Waals surface area contributed by atoms with Crippen LogP contribution in [0.25, 0.3) is 0 Å². The third kappa shape index (κ3) is 8.30. The zero-order valence-electron chi connectivity index (χ0n) is 17.7. The van der Waals surface area contributed by atoms with E-state index in [-0.39, 0.29) is 22.7 Å². The first kappa shape index (κ1) is 23.3. The summed E-state index contributed by atoms with van der Waals surface area (Å²) in [7, 11) is 0. The van der Waals surface area contributed by atoms with Crippen molar-refractivity contribution in [2.75, 3.05) is 0 Å². The lowest BCUT2D eigenvalue weighted by Crippen LogP contribution is -2.18. The van der Waals surface area contributed by atoms with Crippen molar-refractivity contribution in [1.29, 1.82) is 0 Å². The zero-order valence-corrected chi connectivity index (χ0v) is 17.7. The fraction of sp³-hybridized carbons (Fsp3) is 0.909. The summed E-state index contributed by atoms with van der Waals surface area (Å²) in [6.45, 7) is 11.7. The maximum Gasteiger partial charge on any atom is 0.123 e. The van der Waals surface area contributed by atoms with Gasteiger partial charge in [0.2, 0.25) is 0 Å². The Morgan fingerprint density at radius 3 is 1.31 bits per heavy atom. The highest BCUT2D eigenvalue weighted by Crippen LogP contribution is 2.55. The molecule has 2 N–H and O–H groups in total. The predicted molar refractivity (Wildman–Crippen MR) is 105 cm³/mol. The van der Waals surface area contributed by atoms with Crippen LogP contribution in [0, 0.1) is 22.7 Å². The highest BCUT2D eigenvalue weighted by atomic mass is 16.3. The molecule has 2 rings (SSSR count). The lowest BCUT2D eigenvalue weighted by Gasteiger charge is -2.18. The fourth-order valence-corrected chi connectivity index (χ4v) is 3.74. The van der Waals surface area contributed by atoms with Gasteiger partial charge in [0, 0.05) is 11.8 Å². The maximum absolute atomic E-state index is 10.5. The predicted octanol–water partition coefficient (Wildman–Crippen LogP) is 4.31. The summed E-state index contributed by atoms with van der Waals surface area (Å²) in [5, 5.41) is 19.0. The van der Waals surface area contributed by atoms with Crippen molar-refractivity contribution in [1.82, 2.24) is 0 Å². The van der Waals surface area contributed by atoms with E-state index in [1.54, 1.807) is 0 Å². The second kappa shape index (κ2) is 8.52. The van der Waals surface area contributed by atoms with Crippen molar-refractivity contribution in [3.8, 4) is 0 Å². The van der Waals surface area contributed by atoms with Gasteiger partial charge in [0.05, 0.1) is 11.2 Å². The lowest BCUT2D eigenvalue weighted by atomic mass is 9.94. The van der Waals surface area contributed by atoms with E-state index in [1.807, 2.05) is 27.7 Å². The molecule has 0 unspecified atom stereocenters. The molecule has 0 amide bonds. The first-order valence-corrected chi connectivity index (χ1v) is 10.1. The second-order valence-corrected chi connectivity index (χ2v) is 10.5. The highest BCUT2D eigenvalue weighted by molar-refractivity contribution is 5.60. The molecule has 2 fully saturated rings. The SMILES string of the molecule is CC(C)(O)CCC[C@@]1(C)C[C@H]1C=O.CC(C)(O)CCC[C@]1(C)C[C@@H]1C=O. The summed E-state index contributed by atoms with van der Waals surface area (Å²) in [6, 6.07) is 0. The topological polar surface area (TPSA) is 74.6 Å². The molecule has 0 aliphatic heterocycles. The van der Waals surface area contributed by atoms with Gasteiger partial charge >= 0.3 is 0 Å². The van der Waals surface area contributed by atoms with Gasteiger partial charge in [0.15, 0.2) is 0 Å². The Morgan fingerprint density at radius 2 is 1.12 bits per heavy atom. The van der Waals surface area contributed by atoms with Crippen molar-refractivity contribution in [3.63, 3.8) is 0 Å². The first-order chi connectivity index (χ1) is 11.7. The molecule has 152 valence electrons. The lowest BCUT2D eigenvalue weighted by molar-refractivity contribution is -0.110. The van der Waals surface area contributed by atoms with Crippen LogP contribution in [0.15, 0.2) is 0 Å². The number of carbonyl (C=O) groups excluding carboxylic acids is 2. The van der Waals surface area contributed by atoms with Crippen LogP contribution < -0.4 is 0 Å². The molecule has 0 heterocycles. The van der Waals surface area contributed by atoms with Crippen LogP contribution in [0.5, 0.6) is 0 Å². The monoisotopic (exact) mass is 368 g/mol. The quantitative estimate of drug-likeness (QED) is 0.564. The van der Waals surface area contributed by atoms with E-state index in [4.69, 9.17) is 0 Å². The van der Waals surface area contributed by atoms with E-state index in [1.165, 1.54) is 0 Å². The molecule has 2 aliphatic rings. The molecule has 0 spiro atoms. The van der Waals surface area contributed by atoms with Gasteiger partial charge in [-0.2, -0.15) is 0 Å². The largest absolute Gasteiger partial charge is 0.390 e. The van der Waals surface area contributed by atoms with E-state index < -0.39 is 11.2 Å². The van der Waals surface area contributed by atoms with Crippen LogP contribution in [0.1, 0.15) is 92.9 Å². The summed E-state index contributed by atoms with van der Waals surface area (Å²) in [4.78, 5) is 21.0. The third-order valence-corrected chi connectivity index (χ3v) is 6.24. The molecule has 0 saturated heterocycles. The molecule has 2 saturated carbocycles. The number of hydrogen-bond donors (Lipinski definition) is 2. The zero-order chi connectivity index (χ0) is 20.2. The van der Waals surface area contributed by atoms with Crippen LogP contribution in [0.3, 0.4) is 0 Å².